The number of aromatic nitrogens is 1. The number of hydrogen-bond acceptors (Lipinski definition) is 7. The Morgan fingerprint density at radius 1 is 1.09 bits per heavy atom. The minimum absolute atomic E-state index is 0. The molecule has 0 fully saturated rings. The molecular weight excluding hydrogens is 482 g/mol. The van der Waals surface area contributed by atoms with Crippen molar-refractivity contribution in [3.63, 3.8) is 0 Å². The number of para-hydroxylation sites is 1. The number of benzene rings is 2. The van der Waals surface area contributed by atoms with E-state index >= 15 is 0 Å². The van der Waals surface area contributed by atoms with E-state index in [0.29, 0.717) is 24.0 Å². The van der Waals surface area contributed by atoms with Crippen molar-refractivity contribution in [3.05, 3.63) is 48.0 Å². The Morgan fingerprint density at radius 3 is 2.33 bits per heavy atom. The summed E-state index contributed by atoms with van der Waals surface area (Å²) in [5, 5.41) is 0.128. The molecule has 0 radical (unpaired) electrons. The first-order chi connectivity index (χ1) is 15.1. The van der Waals surface area contributed by atoms with Crippen LogP contribution in [-0.2, 0) is 21.1 Å². The molecule has 0 N–H and O–H groups in total. The van der Waals surface area contributed by atoms with Crippen LogP contribution in [0.2, 0.25) is 0 Å². The summed E-state index contributed by atoms with van der Waals surface area (Å²) in [6.07, 6.45) is 0.155. The van der Waals surface area contributed by atoms with Gasteiger partial charge in [0, 0.05) is 13.1 Å². The fourth-order valence-corrected chi connectivity index (χ4v) is 5.24. The second-order valence-corrected chi connectivity index (χ2v) is 11.6. The predicted octanol–water partition coefficient (Wildman–Crippen LogP) is 4.05. The summed E-state index contributed by atoms with van der Waals surface area (Å²) >= 11 is 1.45. The van der Waals surface area contributed by atoms with E-state index in [2.05, 4.69) is 0 Å². The number of amides is 1. The van der Waals surface area contributed by atoms with E-state index in [-0.39, 0.29) is 29.6 Å². The monoisotopic (exact) mass is 511 g/mol. The molecule has 1 heterocycles. The van der Waals surface area contributed by atoms with Crippen LogP contribution in [0.25, 0.3) is 10.2 Å². The summed E-state index contributed by atoms with van der Waals surface area (Å²) in [5.74, 6) is 0.580. The van der Waals surface area contributed by atoms with Crippen LogP contribution >= 0.6 is 23.7 Å². The Morgan fingerprint density at radius 2 is 1.76 bits per heavy atom. The van der Waals surface area contributed by atoms with E-state index in [1.54, 1.807) is 50.1 Å². The molecule has 0 aliphatic carbocycles. The molecule has 0 bridgehead atoms. The van der Waals surface area contributed by atoms with Crippen molar-refractivity contribution in [3.8, 4) is 5.75 Å². The zero-order valence-electron chi connectivity index (χ0n) is 19.4. The molecule has 1 amide bonds. The molecule has 0 saturated carbocycles. The van der Waals surface area contributed by atoms with Crippen molar-refractivity contribution in [2.75, 3.05) is 39.2 Å². The van der Waals surface area contributed by atoms with Crippen molar-refractivity contribution < 1.29 is 17.9 Å². The standard InChI is InChI=1S/C23H29N3O4S2.ClH/c1-16(2)32(28,29)18-11-9-17(10-12-18)15-21(27)26(14-13-25(3)4)23-24-22-19(30-5)7-6-8-20(22)31-23;/h6-12,16H,13-15H2,1-5H3;1H. The van der Waals surface area contributed by atoms with Gasteiger partial charge in [0.1, 0.15) is 11.3 Å². The molecule has 0 aliphatic rings. The number of thiazole rings is 1. The van der Waals surface area contributed by atoms with Gasteiger partial charge in [-0.15, -0.1) is 12.4 Å². The van der Waals surface area contributed by atoms with Crippen molar-refractivity contribution in [1.82, 2.24) is 9.88 Å². The molecule has 0 aliphatic heterocycles. The summed E-state index contributed by atoms with van der Waals surface area (Å²) < 4.78 is 31.1. The first-order valence-corrected chi connectivity index (χ1v) is 12.7. The highest BCUT2D eigenvalue weighted by atomic mass is 35.5. The number of carbonyl (C=O) groups excluding carboxylic acids is 1. The second-order valence-electron chi connectivity index (χ2n) is 8.07. The van der Waals surface area contributed by atoms with Gasteiger partial charge in [-0.3, -0.25) is 9.69 Å². The van der Waals surface area contributed by atoms with Crippen LogP contribution in [0.3, 0.4) is 0 Å². The zero-order valence-corrected chi connectivity index (χ0v) is 21.9. The molecule has 1 aromatic heterocycles. The summed E-state index contributed by atoms with van der Waals surface area (Å²) in [7, 11) is 2.17. The van der Waals surface area contributed by atoms with E-state index in [1.807, 2.05) is 37.2 Å². The number of anilines is 1. The molecule has 0 saturated heterocycles. The van der Waals surface area contributed by atoms with Crippen molar-refractivity contribution in [2.45, 2.75) is 30.4 Å². The van der Waals surface area contributed by atoms with Crippen LogP contribution < -0.4 is 9.64 Å². The minimum atomic E-state index is -3.34. The van der Waals surface area contributed by atoms with Crippen molar-refractivity contribution in [2.24, 2.45) is 0 Å². The highest BCUT2D eigenvalue weighted by molar-refractivity contribution is 7.92. The normalized spacial score (nSPS) is 11.6. The van der Waals surface area contributed by atoms with E-state index in [4.69, 9.17) is 9.72 Å². The predicted molar refractivity (Wildman–Crippen MR) is 137 cm³/mol. The molecule has 2 aromatic carbocycles. The summed E-state index contributed by atoms with van der Waals surface area (Å²) in [6.45, 7) is 4.49. The molecule has 0 spiro atoms. The fraction of sp³-hybridized carbons (Fsp3) is 0.391. The third-order valence-corrected chi connectivity index (χ3v) is 8.34. The topological polar surface area (TPSA) is 79.8 Å². The van der Waals surface area contributed by atoms with E-state index in [0.717, 1.165) is 15.8 Å². The molecule has 3 aromatic rings. The van der Waals surface area contributed by atoms with Gasteiger partial charge in [0.15, 0.2) is 15.0 Å². The lowest BCUT2D eigenvalue weighted by molar-refractivity contribution is -0.118. The van der Waals surface area contributed by atoms with Gasteiger partial charge in [0.25, 0.3) is 0 Å². The maximum atomic E-state index is 13.3. The average Bonchev–Trinajstić information content (AvgIpc) is 3.17. The van der Waals surface area contributed by atoms with Gasteiger partial charge in [-0.05, 0) is 57.8 Å². The number of ether oxygens (including phenoxy) is 1. The quantitative estimate of drug-likeness (QED) is 0.431. The van der Waals surface area contributed by atoms with Gasteiger partial charge < -0.3 is 9.64 Å². The average molecular weight is 512 g/mol. The number of sulfone groups is 1. The van der Waals surface area contributed by atoms with Gasteiger partial charge >= 0.3 is 0 Å². The number of fused-ring (bicyclic) bond motifs is 1. The lowest BCUT2D eigenvalue weighted by Gasteiger charge is -2.22. The van der Waals surface area contributed by atoms with Gasteiger partial charge in [0.05, 0.1) is 28.4 Å². The second kappa shape index (κ2) is 11.3. The Bertz CT molecular complexity index is 1190. The zero-order chi connectivity index (χ0) is 23.5. The molecule has 3 rings (SSSR count). The van der Waals surface area contributed by atoms with Crippen molar-refractivity contribution >= 4 is 54.8 Å². The largest absolute Gasteiger partial charge is 0.494 e. The lowest BCUT2D eigenvalue weighted by Crippen LogP contribution is -2.37. The first-order valence-electron chi connectivity index (χ1n) is 10.3. The van der Waals surface area contributed by atoms with Crippen LogP contribution in [0.15, 0.2) is 47.4 Å². The third-order valence-electron chi connectivity index (χ3n) is 5.12. The Kier molecular flexibility index (Phi) is 9.25. The molecular formula is C23H30ClN3O4S2. The minimum Gasteiger partial charge on any atom is -0.494 e. The maximum absolute atomic E-state index is 13.3. The third kappa shape index (κ3) is 6.23. The molecule has 180 valence electrons. The van der Waals surface area contributed by atoms with Gasteiger partial charge in [-0.2, -0.15) is 0 Å². The number of nitrogens with zero attached hydrogens (tertiary/aromatic N) is 3. The van der Waals surface area contributed by atoms with Gasteiger partial charge in [-0.1, -0.05) is 29.5 Å². The fourth-order valence-electron chi connectivity index (χ4n) is 3.16. The number of carbonyl (C=O) groups is 1. The van der Waals surface area contributed by atoms with E-state index in [9.17, 15) is 13.2 Å². The van der Waals surface area contributed by atoms with Crippen molar-refractivity contribution in [1.29, 1.82) is 0 Å². The summed E-state index contributed by atoms with van der Waals surface area (Å²) in [4.78, 5) is 21.9. The SMILES string of the molecule is COc1cccc2sc(N(CCN(C)C)C(=O)Cc3ccc(S(=O)(=O)C(C)C)cc3)nc12.Cl. The molecule has 33 heavy (non-hydrogen) atoms. The van der Waals surface area contributed by atoms with Crippen LogP contribution in [0, 0.1) is 0 Å². The van der Waals surface area contributed by atoms with Crippen LogP contribution in [0.1, 0.15) is 19.4 Å². The first kappa shape index (κ1) is 27.0. The smallest absolute Gasteiger partial charge is 0.233 e. The molecule has 0 unspecified atom stereocenters. The van der Waals surface area contributed by atoms with Crippen LogP contribution in [0.4, 0.5) is 5.13 Å². The van der Waals surface area contributed by atoms with E-state index in [1.165, 1.54) is 11.3 Å². The number of rotatable bonds is 9. The summed E-state index contributed by atoms with van der Waals surface area (Å²) in [5.41, 5.74) is 1.49. The highest BCUT2D eigenvalue weighted by Gasteiger charge is 2.22. The Hall–Kier alpha value is -2.20. The number of methoxy groups -OCH3 is 1. The van der Waals surface area contributed by atoms with Gasteiger partial charge in [-0.25, -0.2) is 13.4 Å². The van der Waals surface area contributed by atoms with Crippen LogP contribution in [-0.4, -0.2) is 63.8 Å². The van der Waals surface area contributed by atoms with E-state index < -0.39 is 15.1 Å². The number of halogens is 1. The maximum Gasteiger partial charge on any atom is 0.233 e. The molecule has 7 nitrogen and oxygen atoms in total. The Labute approximate surface area is 205 Å². The van der Waals surface area contributed by atoms with Crippen LogP contribution in [0.5, 0.6) is 5.75 Å². The number of likely N-dealkylation sites (N-methyl/N-ethyl adjacent to an activating group) is 1. The summed E-state index contributed by atoms with van der Waals surface area (Å²) in [6, 6.07) is 12.3. The number of hydrogen-bond donors (Lipinski definition) is 0. The van der Waals surface area contributed by atoms with Gasteiger partial charge in [0.2, 0.25) is 5.91 Å². The lowest BCUT2D eigenvalue weighted by atomic mass is 10.1. The Balaban J connectivity index is 0.00000385. The highest BCUT2D eigenvalue weighted by Crippen LogP contribution is 2.34. The molecule has 10 heteroatoms. The molecule has 0 atom stereocenters.